The fraction of sp³-hybridized carbons (Fsp3) is 0.235. The van der Waals surface area contributed by atoms with Crippen molar-refractivity contribution in [3.05, 3.63) is 60.7 Å². The molecule has 2 heteroatoms. The Balaban J connectivity index is 0.000000258. The number of hydrogen-bond acceptors (Lipinski definition) is 2. The lowest BCUT2D eigenvalue weighted by atomic mass is 10.3. The van der Waals surface area contributed by atoms with Crippen molar-refractivity contribution in [1.29, 1.82) is 0 Å². The molecule has 0 aliphatic heterocycles. The predicted molar refractivity (Wildman–Crippen MR) is 81.8 cm³/mol. The minimum atomic E-state index is 0.343. The predicted octanol–water partition coefficient (Wildman–Crippen LogP) is 4.81. The van der Waals surface area contributed by atoms with Crippen LogP contribution < -0.4 is 5.32 Å². The van der Waals surface area contributed by atoms with E-state index in [1.165, 1.54) is 0 Å². The SMILES string of the molecule is CCC(=O)CC.c1ccc(Nc2ccccc2)cc1. The van der Waals surface area contributed by atoms with Gasteiger partial charge in [0.1, 0.15) is 5.78 Å². The molecule has 0 aliphatic carbocycles. The fourth-order valence-electron chi connectivity index (χ4n) is 1.46. The lowest BCUT2D eigenvalue weighted by Gasteiger charge is -2.04. The topological polar surface area (TPSA) is 29.1 Å². The second-order valence-electron chi connectivity index (χ2n) is 4.10. The molecule has 0 amide bonds. The van der Waals surface area contributed by atoms with Crippen LogP contribution in [0.15, 0.2) is 60.7 Å². The Morgan fingerprint density at radius 3 is 1.42 bits per heavy atom. The van der Waals surface area contributed by atoms with Crippen LogP contribution in [-0.4, -0.2) is 5.78 Å². The molecule has 0 heterocycles. The molecule has 0 radical (unpaired) electrons. The smallest absolute Gasteiger partial charge is 0.132 e. The molecule has 100 valence electrons. The van der Waals surface area contributed by atoms with Crippen molar-refractivity contribution in [2.24, 2.45) is 0 Å². The maximum absolute atomic E-state index is 10.2. The van der Waals surface area contributed by atoms with Gasteiger partial charge in [-0.3, -0.25) is 4.79 Å². The third-order valence-corrected chi connectivity index (χ3v) is 2.62. The molecule has 2 aromatic rings. The minimum absolute atomic E-state index is 0.343. The first-order valence-corrected chi connectivity index (χ1v) is 6.65. The van der Waals surface area contributed by atoms with Gasteiger partial charge in [0.2, 0.25) is 0 Å². The monoisotopic (exact) mass is 255 g/mol. The van der Waals surface area contributed by atoms with Gasteiger partial charge in [0.15, 0.2) is 0 Å². The molecule has 0 fully saturated rings. The molecule has 0 bridgehead atoms. The zero-order chi connectivity index (χ0) is 13.9. The van der Waals surface area contributed by atoms with Crippen molar-refractivity contribution in [1.82, 2.24) is 0 Å². The van der Waals surface area contributed by atoms with Gasteiger partial charge in [-0.1, -0.05) is 50.2 Å². The number of anilines is 2. The summed E-state index contributed by atoms with van der Waals surface area (Å²) in [5.74, 6) is 0.343. The molecule has 0 saturated carbocycles. The Bertz CT molecular complexity index is 422. The first-order chi connectivity index (χ1) is 9.26. The average Bonchev–Trinajstić information content (AvgIpc) is 2.49. The number of nitrogens with one attached hydrogen (secondary N) is 1. The third-order valence-electron chi connectivity index (χ3n) is 2.62. The van der Waals surface area contributed by atoms with Crippen LogP contribution >= 0.6 is 0 Å². The Morgan fingerprint density at radius 2 is 1.16 bits per heavy atom. The summed E-state index contributed by atoms with van der Waals surface area (Å²) in [5.41, 5.74) is 2.24. The first kappa shape index (κ1) is 15.0. The average molecular weight is 255 g/mol. The number of Topliss-reactive ketones (excluding diaryl/α,β-unsaturated/α-hetero) is 1. The summed E-state index contributed by atoms with van der Waals surface area (Å²) in [5, 5.41) is 3.30. The van der Waals surface area contributed by atoms with Crippen LogP contribution in [0.2, 0.25) is 0 Å². The van der Waals surface area contributed by atoms with Gasteiger partial charge >= 0.3 is 0 Å². The molecule has 1 N–H and O–H groups in total. The van der Waals surface area contributed by atoms with E-state index in [2.05, 4.69) is 5.32 Å². The Labute approximate surface area is 115 Å². The van der Waals surface area contributed by atoms with E-state index in [-0.39, 0.29) is 0 Å². The summed E-state index contributed by atoms with van der Waals surface area (Å²) in [4.78, 5) is 10.2. The fourth-order valence-corrected chi connectivity index (χ4v) is 1.46. The highest BCUT2D eigenvalue weighted by Crippen LogP contribution is 2.14. The zero-order valence-corrected chi connectivity index (χ0v) is 11.6. The molecule has 0 spiro atoms. The highest BCUT2D eigenvalue weighted by Gasteiger charge is 1.90. The largest absolute Gasteiger partial charge is 0.356 e. The first-order valence-electron chi connectivity index (χ1n) is 6.65. The quantitative estimate of drug-likeness (QED) is 0.849. The Morgan fingerprint density at radius 1 is 0.789 bits per heavy atom. The van der Waals surface area contributed by atoms with E-state index in [1.54, 1.807) is 0 Å². The number of carbonyl (C=O) groups is 1. The molecule has 0 atom stereocenters. The summed E-state index contributed by atoms with van der Waals surface area (Å²) in [7, 11) is 0. The van der Waals surface area contributed by atoms with Gasteiger partial charge in [0, 0.05) is 24.2 Å². The summed E-state index contributed by atoms with van der Waals surface area (Å²) < 4.78 is 0. The van der Waals surface area contributed by atoms with Gasteiger partial charge in [0.05, 0.1) is 0 Å². The van der Waals surface area contributed by atoms with Crippen molar-refractivity contribution < 1.29 is 4.79 Å². The van der Waals surface area contributed by atoms with Crippen LogP contribution in [0.1, 0.15) is 26.7 Å². The number of para-hydroxylation sites is 2. The summed E-state index contributed by atoms with van der Waals surface area (Å²) in [6.07, 6.45) is 1.38. The highest BCUT2D eigenvalue weighted by molar-refractivity contribution is 5.77. The second-order valence-corrected chi connectivity index (χ2v) is 4.10. The van der Waals surface area contributed by atoms with Crippen molar-refractivity contribution in [3.8, 4) is 0 Å². The number of benzene rings is 2. The maximum atomic E-state index is 10.2. The Hall–Kier alpha value is -2.09. The molecule has 0 saturated heterocycles. The molecule has 2 aromatic carbocycles. The van der Waals surface area contributed by atoms with Crippen LogP contribution in [0.5, 0.6) is 0 Å². The van der Waals surface area contributed by atoms with Crippen molar-refractivity contribution >= 4 is 17.2 Å². The van der Waals surface area contributed by atoms with Gasteiger partial charge in [-0.2, -0.15) is 0 Å². The van der Waals surface area contributed by atoms with Crippen LogP contribution in [0.4, 0.5) is 11.4 Å². The van der Waals surface area contributed by atoms with Crippen LogP contribution in [0.25, 0.3) is 0 Å². The van der Waals surface area contributed by atoms with E-state index in [0.717, 1.165) is 11.4 Å². The number of carbonyl (C=O) groups excluding carboxylic acids is 1. The lowest BCUT2D eigenvalue weighted by molar-refractivity contribution is -0.118. The normalized spacial score (nSPS) is 9.16. The molecule has 2 nitrogen and oxygen atoms in total. The van der Waals surface area contributed by atoms with Crippen LogP contribution in [0.3, 0.4) is 0 Å². The summed E-state index contributed by atoms with van der Waals surface area (Å²) in [6.45, 7) is 3.76. The molecule has 0 aliphatic rings. The summed E-state index contributed by atoms with van der Waals surface area (Å²) >= 11 is 0. The number of rotatable bonds is 4. The van der Waals surface area contributed by atoms with E-state index in [1.807, 2.05) is 74.5 Å². The zero-order valence-electron chi connectivity index (χ0n) is 11.6. The molecule has 0 unspecified atom stereocenters. The lowest BCUT2D eigenvalue weighted by Crippen LogP contribution is -1.88. The van der Waals surface area contributed by atoms with Gasteiger partial charge in [-0.05, 0) is 24.3 Å². The van der Waals surface area contributed by atoms with Crippen molar-refractivity contribution in [2.75, 3.05) is 5.32 Å². The molecule has 2 rings (SSSR count). The minimum Gasteiger partial charge on any atom is -0.356 e. The van der Waals surface area contributed by atoms with Crippen molar-refractivity contribution in [2.45, 2.75) is 26.7 Å². The molecule has 19 heavy (non-hydrogen) atoms. The number of ketones is 1. The van der Waals surface area contributed by atoms with Crippen molar-refractivity contribution in [3.63, 3.8) is 0 Å². The maximum Gasteiger partial charge on any atom is 0.132 e. The van der Waals surface area contributed by atoms with Gasteiger partial charge in [0.25, 0.3) is 0 Å². The Kier molecular flexibility index (Phi) is 7.03. The van der Waals surface area contributed by atoms with Crippen LogP contribution in [0, 0.1) is 0 Å². The van der Waals surface area contributed by atoms with E-state index in [4.69, 9.17) is 0 Å². The van der Waals surface area contributed by atoms with E-state index < -0.39 is 0 Å². The van der Waals surface area contributed by atoms with Crippen LogP contribution in [-0.2, 0) is 4.79 Å². The second kappa shape index (κ2) is 8.92. The molecule has 0 aromatic heterocycles. The van der Waals surface area contributed by atoms with Gasteiger partial charge in [-0.15, -0.1) is 0 Å². The summed E-state index contributed by atoms with van der Waals surface area (Å²) in [6, 6.07) is 20.3. The van der Waals surface area contributed by atoms with E-state index >= 15 is 0 Å². The molecular weight excluding hydrogens is 234 g/mol. The van der Waals surface area contributed by atoms with Gasteiger partial charge < -0.3 is 5.32 Å². The van der Waals surface area contributed by atoms with E-state index in [0.29, 0.717) is 18.6 Å². The third kappa shape index (κ3) is 6.41. The highest BCUT2D eigenvalue weighted by atomic mass is 16.1. The number of hydrogen-bond donors (Lipinski definition) is 1. The van der Waals surface area contributed by atoms with E-state index in [9.17, 15) is 4.79 Å². The van der Waals surface area contributed by atoms with Gasteiger partial charge in [-0.25, -0.2) is 0 Å². The standard InChI is InChI=1S/C12H11N.C5H10O/c1-3-7-11(8-4-1)13-12-9-5-2-6-10-12;1-3-5(6)4-2/h1-10,13H;3-4H2,1-2H3. The molecular formula is C17H21NO.